The maximum absolute atomic E-state index is 11.6. The van der Waals surface area contributed by atoms with Gasteiger partial charge in [0.2, 0.25) is 0 Å². The summed E-state index contributed by atoms with van der Waals surface area (Å²) < 4.78 is 0. The number of hydrogen-bond acceptors (Lipinski definition) is 2. The molecule has 0 bridgehead atoms. The molecule has 0 spiro atoms. The second-order valence-corrected chi connectivity index (χ2v) is 3.85. The van der Waals surface area contributed by atoms with Crippen molar-refractivity contribution in [2.24, 2.45) is 11.8 Å². The van der Waals surface area contributed by atoms with Gasteiger partial charge in [0.1, 0.15) is 11.6 Å². The Bertz CT molecular complexity index is 204. The second kappa shape index (κ2) is 4.54. The molecule has 0 saturated heterocycles. The SMILES string of the molecule is CCCC(=O)C(CC)C(=O)C1CC1. The van der Waals surface area contributed by atoms with Crippen LogP contribution in [0.25, 0.3) is 0 Å². The van der Waals surface area contributed by atoms with E-state index in [1.165, 1.54) is 0 Å². The molecule has 0 aromatic rings. The van der Waals surface area contributed by atoms with E-state index in [9.17, 15) is 9.59 Å². The average Bonchev–Trinajstić information content (AvgIpc) is 2.88. The first-order valence-electron chi connectivity index (χ1n) is 5.27. The summed E-state index contributed by atoms with van der Waals surface area (Å²) in [6.07, 6.45) is 4.13. The van der Waals surface area contributed by atoms with E-state index in [1.807, 2.05) is 13.8 Å². The van der Waals surface area contributed by atoms with E-state index in [-0.39, 0.29) is 23.4 Å². The van der Waals surface area contributed by atoms with Crippen LogP contribution in [0.4, 0.5) is 0 Å². The quantitative estimate of drug-likeness (QED) is 0.591. The van der Waals surface area contributed by atoms with Crippen LogP contribution in [0.1, 0.15) is 46.0 Å². The van der Waals surface area contributed by atoms with Crippen LogP contribution in [0.5, 0.6) is 0 Å². The van der Waals surface area contributed by atoms with Crippen LogP contribution in [0.3, 0.4) is 0 Å². The summed E-state index contributed by atoms with van der Waals surface area (Å²) in [4.78, 5) is 23.2. The van der Waals surface area contributed by atoms with Gasteiger partial charge in [0.25, 0.3) is 0 Å². The summed E-state index contributed by atoms with van der Waals surface area (Å²) in [6.45, 7) is 3.91. The van der Waals surface area contributed by atoms with Crippen molar-refractivity contribution in [3.63, 3.8) is 0 Å². The molecule has 0 aromatic carbocycles. The summed E-state index contributed by atoms with van der Waals surface area (Å²) in [7, 11) is 0. The van der Waals surface area contributed by atoms with Crippen molar-refractivity contribution < 1.29 is 9.59 Å². The summed E-state index contributed by atoms with van der Waals surface area (Å²) in [6, 6.07) is 0. The molecule has 1 atom stereocenters. The van der Waals surface area contributed by atoms with Gasteiger partial charge in [-0.15, -0.1) is 0 Å². The molecule has 1 rings (SSSR count). The highest BCUT2D eigenvalue weighted by Crippen LogP contribution is 2.33. The largest absolute Gasteiger partial charge is 0.299 e. The minimum absolute atomic E-state index is 0.155. The molecule has 0 N–H and O–H groups in total. The lowest BCUT2D eigenvalue weighted by atomic mass is 9.91. The molecule has 2 nitrogen and oxygen atoms in total. The lowest BCUT2D eigenvalue weighted by Gasteiger charge is -2.10. The summed E-state index contributed by atoms with van der Waals surface area (Å²) in [5.41, 5.74) is 0. The molecule has 0 heterocycles. The van der Waals surface area contributed by atoms with Crippen molar-refractivity contribution in [2.75, 3.05) is 0 Å². The van der Waals surface area contributed by atoms with Crippen LogP contribution in [0.15, 0.2) is 0 Å². The standard InChI is InChI=1S/C11H18O2/c1-3-5-10(12)9(4-2)11(13)8-6-7-8/h8-9H,3-7H2,1-2H3. The number of Topliss-reactive ketones (excluding diaryl/α,β-unsaturated/α-hetero) is 2. The van der Waals surface area contributed by atoms with Crippen molar-refractivity contribution in [2.45, 2.75) is 46.0 Å². The fourth-order valence-electron chi connectivity index (χ4n) is 1.66. The third-order valence-electron chi connectivity index (χ3n) is 2.62. The Morgan fingerprint density at radius 1 is 1.31 bits per heavy atom. The van der Waals surface area contributed by atoms with Crippen molar-refractivity contribution in [1.29, 1.82) is 0 Å². The molecule has 0 amide bonds. The number of ketones is 2. The third kappa shape index (κ3) is 2.64. The van der Waals surface area contributed by atoms with Crippen molar-refractivity contribution >= 4 is 11.6 Å². The molecule has 0 aromatic heterocycles. The fourth-order valence-corrected chi connectivity index (χ4v) is 1.66. The van der Waals surface area contributed by atoms with Gasteiger partial charge in [-0.25, -0.2) is 0 Å². The van der Waals surface area contributed by atoms with Gasteiger partial charge in [-0.3, -0.25) is 9.59 Å². The number of hydrogen-bond donors (Lipinski definition) is 0. The monoisotopic (exact) mass is 182 g/mol. The Balaban J connectivity index is 2.49. The minimum Gasteiger partial charge on any atom is -0.299 e. The molecule has 74 valence electrons. The van der Waals surface area contributed by atoms with Gasteiger partial charge in [0.05, 0.1) is 5.92 Å². The first kappa shape index (κ1) is 10.4. The van der Waals surface area contributed by atoms with Crippen LogP contribution in [-0.4, -0.2) is 11.6 Å². The predicted octanol–water partition coefficient (Wildman–Crippen LogP) is 2.36. The minimum atomic E-state index is -0.285. The van der Waals surface area contributed by atoms with Gasteiger partial charge in [-0.05, 0) is 25.7 Å². The Labute approximate surface area is 79.7 Å². The molecule has 0 aliphatic heterocycles. The molecule has 1 fully saturated rings. The van der Waals surface area contributed by atoms with Crippen LogP contribution >= 0.6 is 0 Å². The average molecular weight is 182 g/mol. The Kier molecular flexibility index (Phi) is 3.64. The van der Waals surface area contributed by atoms with E-state index < -0.39 is 0 Å². The molecule has 2 heteroatoms. The van der Waals surface area contributed by atoms with Gasteiger partial charge < -0.3 is 0 Å². The van der Waals surface area contributed by atoms with Crippen molar-refractivity contribution in [3.05, 3.63) is 0 Å². The maximum atomic E-state index is 11.6. The fraction of sp³-hybridized carbons (Fsp3) is 0.818. The molecular weight excluding hydrogens is 164 g/mol. The number of carbonyl (C=O) groups excluding carboxylic acids is 2. The van der Waals surface area contributed by atoms with Crippen molar-refractivity contribution in [1.82, 2.24) is 0 Å². The number of carbonyl (C=O) groups is 2. The molecule has 0 radical (unpaired) electrons. The first-order valence-corrected chi connectivity index (χ1v) is 5.27. The van der Waals surface area contributed by atoms with E-state index in [4.69, 9.17) is 0 Å². The predicted molar refractivity (Wildman–Crippen MR) is 51.4 cm³/mol. The zero-order valence-corrected chi connectivity index (χ0v) is 8.51. The van der Waals surface area contributed by atoms with E-state index in [2.05, 4.69) is 0 Å². The van der Waals surface area contributed by atoms with Crippen LogP contribution in [-0.2, 0) is 9.59 Å². The Morgan fingerprint density at radius 3 is 2.31 bits per heavy atom. The van der Waals surface area contributed by atoms with Crippen LogP contribution in [0, 0.1) is 11.8 Å². The van der Waals surface area contributed by atoms with Crippen LogP contribution < -0.4 is 0 Å². The number of rotatable bonds is 6. The highest BCUT2D eigenvalue weighted by molar-refractivity contribution is 6.04. The highest BCUT2D eigenvalue weighted by Gasteiger charge is 2.36. The van der Waals surface area contributed by atoms with Gasteiger partial charge in [0.15, 0.2) is 0 Å². The van der Waals surface area contributed by atoms with Crippen molar-refractivity contribution in [3.8, 4) is 0 Å². The zero-order valence-electron chi connectivity index (χ0n) is 8.51. The normalized spacial score (nSPS) is 18.3. The lowest BCUT2D eigenvalue weighted by molar-refractivity contribution is -0.133. The molecule has 1 aliphatic rings. The molecule has 13 heavy (non-hydrogen) atoms. The second-order valence-electron chi connectivity index (χ2n) is 3.85. The maximum Gasteiger partial charge on any atom is 0.146 e. The summed E-state index contributed by atoms with van der Waals surface area (Å²) in [5, 5.41) is 0. The van der Waals surface area contributed by atoms with Crippen LogP contribution in [0.2, 0.25) is 0 Å². The molecule has 1 aliphatic carbocycles. The van der Waals surface area contributed by atoms with Gasteiger partial charge >= 0.3 is 0 Å². The highest BCUT2D eigenvalue weighted by atomic mass is 16.2. The van der Waals surface area contributed by atoms with Gasteiger partial charge in [-0.2, -0.15) is 0 Å². The summed E-state index contributed by atoms with van der Waals surface area (Å²) in [5.74, 6) is 0.307. The third-order valence-corrected chi connectivity index (χ3v) is 2.62. The van der Waals surface area contributed by atoms with E-state index in [1.54, 1.807) is 0 Å². The molecular formula is C11H18O2. The first-order chi connectivity index (χ1) is 6.20. The Hall–Kier alpha value is -0.660. The van der Waals surface area contributed by atoms with Gasteiger partial charge in [-0.1, -0.05) is 13.8 Å². The van der Waals surface area contributed by atoms with Gasteiger partial charge in [0, 0.05) is 12.3 Å². The molecule has 1 saturated carbocycles. The summed E-state index contributed by atoms with van der Waals surface area (Å²) >= 11 is 0. The van der Waals surface area contributed by atoms with E-state index >= 15 is 0 Å². The topological polar surface area (TPSA) is 34.1 Å². The molecule has 1 unspecified atom stereocenters. The van der Waals surface area contributed by atoms with E-state index in [0.29, 0.717) is 12.8 Å². The Morgan fingerprint density at radius 2 is 1.92 bits per heavy atom. The smallest absolute Gasteiger partial charge is 0.146 e. The zero-order chi connectivity index (χ0) is 9.84. The lowest BCUT2D eigenvalue weighted by Crippen LogP contribution is -2.24. The van der Waals surface area contributed by atoms with E-state index in [0.717, 1.165) is 19.3 Å².